The molecule has 2 aromatic rings. The van der Waals surface area contributed by atoms with E-state index in [1.807, 2.05) is 19.9 Å². The maximum Gasteiger partial charge on any atom is 0.241 e. The van der Waals surface area contributed by atoms with E-state index < -0.39 is 10.0 Å². The lowest BCUT2D eigenvalue weighted by Gasteiger charge is -2.22. The SMILES string of the molecule is Cc1cc(-c2cc(S(=O)(=O)NC3CCCCC3)c(C)s2)on1. The van der Waals surface area contributed by atoms with Crippen LogP contribution in [0.4, 0.5) is 0 Å². The lowest BCUT2D eigenvalue weighted by Crippen LogP contribution is -2.36. The molecule has 0 aromatic carbocycles. The van der Waals surface area contributed by atoms with Crippen LogP contribution >= 0.6 is 11.3 Å². The minimum Gasteiger partial charge on any atom is -0.355 e. The summed E-state index contributed by atoms with van der Waals surface area (Å²) in [4.78, 5) is 1.92. The molecule has 1 N–H and O–H groups in total. The van der Waals surface area contributed by atoms with E-state index >= 15 is 0 Å². The van der Waals surface area contributed by atoms with Gasteiger partial charge in [-0.25, -0.2) is 13.1 Å². The predicted octanol–water partition coefficient (Wildman–Crippen LogP) is 3.63. The quantitative estimate of drug-likeness (QED) is 0.922. The number of rotatable bonds is 4. The van der Waals surface area contributed by atoms with Gasteiger partial charge in [0, 0.05) is 17.0 Å². The zero-order chi connectivity index (χ0) is 15.7. The average Bonchev–Trinajstić information content (AvgIpc) is 3.06. The minimum absolute atomic E-state index is 0.0639. The lowest BCUT2D eigenvalue weighted by molar-refractivity contribution is 0.412. The number of aryl methyl sites for hydroxylation is 2. The third kappa shape index (κ3) is 3.26. The number of nitrogens with one attached hydrogen (secondary N) is 1. The van der Waals surface area contributed by atoms with Crippen LogP contribution in [0.3, 0.4) is 0 Å². The molecule has 2 aromatic heterocycles. The summed E-state index contributed by atoms with van der Waals surface area (Å²) in [5, 5.41) is 3.85. The van der Waals surface area contributed by atoms with E-state index in [0.717, 1.165) is 41.1 Å². The largest absolute Gasteiger partial charge is 0.355 e. The monoisotopic (exact) mass is 340 g/mol. The van der Waals surface area contributed by atoms with Crippen molar-refractivity contribution in [3.8, 4) is 10.6 Å². The Morgan fingerprint density at radius 1 is 1.23 bits per heavy atom. The Morgan fingerprint density at radius 2 is 1.95 bits per heavy atom. The summed E-state index contributed by atoms with van der Waals surface area (Å²) in [6.07, 6.45) is 5.24. The highest BCUT2D eigenvalue weighted by Crippen LogP contribution is 2.34. The summed E-state index contributed by atoms with van der Waals surface area (Å²) in [6, 6.07) is 3.57. The molecule has 22 heavy (non-hydrogen) atoms. The first-order valence-corrected chi connectivity index (χ1v) is 9.82. The maximum atomic E-state index is 12.6. The molecule has 0 saturated heterocycles. The van der Waals surface area contributed by atoms with Gasteiger partial charge in [-0.3, -0.25) is 0 Å². The van der Waals surface area contributed by atoms with Gasteiger partial charge in [0.2, 0.25) is 10.0 Å². The molecule has 2 heterocycles. The van der Waals surface area contributed by atoms with E-state index in [2.05, 4.69) is 9.88 Å². The fraction of sp³-hybridized carbons (Fsp3) is 0.533. The van der Waals surface area contributed by atoms with Gasteiger partial charge < -0.3 is 4.52 Å². The van der Waals surface area contributed by atoms with E-state index in [1.165, 1.54) is 17.8 Å². The first-order valence-electron chi connectivity index (χ1n) is 7.52. The number of hydrogen-bond donors (Lipinski definition) is 1. The Morgan fingerprint density at radius 3 is 2.59 bits per heavy atom. The van der Waals surface area contributed by atoms with Crippen molar-refractivity contribution in [3.05, 3.63) is 22.7 Å². The molecule has 3 rings (SSSR count). The van der Waals surface area contributed by atoms with Crippen molar-refractivity contribution >= 4 is 21.4 Å². The summed E-state index contributed by atoms with van der Waals surface area (Å²) in [5.74, 6) is 0.615. The highest BCUT2D eigenvalue weighted by Gasteiger charge is 2.25. The van der Waals surface area contributed by atoms with Gasteiger partial charge in [-0.05, 0) is 32.8 Å². The molecule has 7 heteroatoms. The van der Waals surface area contributed by atoms with E-state index in [-0.39, 0.29) is 6.04 Å². The number of nitrogens with zero attached hydrogens (tertiary/aromatic N) is 1. The summed E-state index contributed by atoms with van der Waals surface area (Å²) in [7, 11) is -3.47. The normalized spacial score (nSPS) is 17.0. The average molecular weight is 340 g/mol. The van der Waals surface area contributed by atoms with Gasteiger partial charge in [-0.15, -0.1) is 11.3 Å². The molecule has 1 fully saturated rings. The van der Waals surface area contributed by atoms with E-state index in [1.54, 1.807) is 6.07 Å². The van der Waals surface area contributed by atoms with E-state index in [9.17, 15) is 8.42 Å². The van der Waals surface area contributed by atoms with Gasteiger partial charge in [0.25, 0.3) is 0 Å². The van der Waals surface area contributed by atoms with Crippen LogP contribution in [0.1, 0.15) is 42.7 Å². The Hall–Kier alpha value is -1.18. The van der Waals surface area contributed by atoms with Crippen LogP contribution in [-0.4, -0.2) is 19.6 Å². The Bertz CT molecular complexity index is 756. The first kappa shape index (κ1) is 15.7. The fourth-order valence-corrected chi connectivity index (χ4v) is 5.68. The van der Waals surface area contributed by atoms with Gasteiger partial charge in [0.15, 0.2) is 5.76 Å². The zero-order valence-electron chi connectivity index (χ0n) is 12.8. The fourth-order valence-electron chi connectivity index (χ4n) is 2.84. The van der Waals surface area contributed by atoms with Gasteiger partial charge >= 0.3 is 0 Å². The number of sulfonamides is 1. The van der Waals surface area contributed by atoms with E-state index in [4.69, 9.17) is 4.52 Å². The van der Waals surface area contributed by atoms with Crippen molar-refractivity contribution < 1.29 is 12.9 Å². The molecule has 120 valence electrons. The van der Waals surface area contributed by atoms with Crippen LogP contribution < -0.4 is 4.72 Å². The molecule has 0 bridgehead atoms. The Kier molecular flexibility index (Phi) is 4.38. The molecule has 0 atom stereocenters. The third-order valence-electron chi connectivity index (χ3n) is 3.96. The Labute approximate surface area is 134 Å². The molecule has 1 aliphatic carbocycles. The van der Waals surface area contributed by atoms with Crippen molar-refractivity contribution in [3.63, 3.8) is 0 Å². The van der Waals surface area contributed by atoms with Gasteiger partial charge in [-0.2, -0.15) is 0 Å². The third-order valence-corrected chi connectivity index (χ3v) is 6.80. The molecule has 0 aliphatic heterocycles. The summed E-state index contributed by atoms with van der Waals surface area (Å²) >= 11 is 1.42. The predicted molar refractivity (Wildman–Crippen MR) is 86.5 cm³/mol. The minimum atomic E-state index is -3.47. The van der Waals surface area contributed by atoms with E-state index in [0.29, 0.717) is 10.7 Å². The van der Waals surface area contributed by atoms with Crippen molar-refractivity contribution in [2.24, 2.45) is 0 Å². The molecule has 0 unspecified atom stereocenters. The van der Waals surface area contributed by atoms with Crippen molar-refractivity contribution in [1.29, 1.82) is 0 Å². The second-order valence-electron chi connectivity index (χ2n) is 5.82. The maximum absolute atomic E-state index is 12.6. The highest BCUT2D eigenvalue weighted by atomic mass is 32.2. The first-order chi connectivity index (χ1) is 10.5. The van der Waals surface area contributed by atoms with Crippen LogP contribution in [-0.2, 0) is 10.0 Å². The van der Waals surface area contributed by atoms with Crippen molar-refractivity contribution in [1.82, 2.24) is 9.88 Å². The smallest absolute Gasteiger partial charge is 0.241 e. The van der Waals surface area contributed by atoms with Crippen molar-refractivity contribution in [2.75, 3.05) is 0 Å². The number of thiophene rings is 1. The van der Waals surface area contributed by atoms with Crippen LogP contribution in [0.5, 0.6) is 0 Å². The molecular formula is C15H20N2O3S2. The molecule has 1 aliphatic rings. The summed E-state index contributed by atoms with van der Waals surface area (Å²) in [6.45, 7) is 3.67. The van der Waals surface area contributed by atoms with Gasteiger partial charge in [0.05, 0.1) is 15.5 Å². The van der Waals surface area contributed by atoms with Crippen molar-refractivity contribution in [2.45, 2.75) is 56.9 Å². The topological polar surface area (TPSA) is 72.2 Å². The molecular weight excluding hydrogens is 320 g/mol. The van der Waals surface area contributed by atoms with Crippen LogP contribution in [0.25, 0.3) is 10.6 Å². The lowest BCUT2D eigenvalue weighted by atomic mass is 9.96. The summed E-state index contributed by atoms with van der Waals surface area (Å²) in [5.41, 5.74) is 0.783. The molecule has 0 spiro atoms. The molecule has 5 nitrogen and oxygen atoms in total. The summed E-state index contributed by atoms with van der Waals surface area (Å²) < 4.78 is 33.3. The van der Waals surface area contributed by atoms with Gasteiger partial charge in [-0.1, -0.05) is 24.4 Å². The second kappa shape index (κ2) is 6.14. The van der Waals surface area contributed by atoms with Crippen LogP contribution in [0.15, 0.2) is 21.6 Å². The standard InChI is InChI=1S/C15H20N2O3S2/c1-10-8-13(20-16-10)14-9-15(11(2)21-14)22(18,19)17-12-6-4-3-5-7-12/h8-9,12,17H,3-7H2,1-2H3. The Balaban J connectivity index is 1.85. The molecule has 1 saturated carbocycles. The molecule has 0 radical (unpaired) electrons. The zero-order valence-corrected chi connectivity index (χ0v) is 14.4. The molecule has 0 amide bonds. The number of aromatic nitrogens is 1. The highest BCUT2D eigenvalue weighted by molar-refractivity contribution is 7.89. The van der Waals surface area contributed by atoms with Crippen LogP contribution in [0.2, 0.25) is 0 Å². The van der Waals surface area contributed by atoms with Gasteiger partial charge in [0.1, 0.15) is 0 Å². The van der Waals surface area contributed by atoms with Crippen LogP contribution in [0, 0.1) is 13.8 Å². The second-order valence-corrected chi connectivity index (χ2v) is 8.76. The number of hydrogen-bond acceptors (Lipinski definition) is 5.